The van der Waals surface area contributed by atoms with Gasteiger partial charge in [0.25, 0.3) is 0 Å². The lowest BCUT2D eigenvalue weighted by Gasteiger charge is -2.38. The molecule has 26 heavy (non-hydrogen) atoms. The third kappa shape index (κ3) is 4.93. The van der Waals surface area contributed by atoms with Gasteiger partial charge in [0.1, 0.15) is 0 Å². The van der Waals surface area contributed by atoms with Gasteiger partial charge >= 0.3 is 0 Å². The van der Waals surface area contributed by atoms with Crippen molar-refractivity contribution in [2.45, 2.75) is 88.6 Å². The van der Waals surface area contributed by atoms with Crippen molar-refractivity contribution in [1.82, 2.24) is 0 Å². The Morgan fingerprint density at radius 1 is 0.846 bits per heavy atom. The summed E-state index contributed by atoms with van der Waals surface area (Å²) in [6.45, 7) is 2.29. The summed E-state index contributed by atoms with van der Waals surface area (Å²) >= 11 is 0. The number of rotatable bonds is 6. The Kier molecular flexibility index (Phi) is 7.25. The van der Waals surface area contributed by atoms with Crippen molar-refractivity contribution in [3.05, 3.63) is 35.1 Å². The normalized spacial score (nSPS) is 30.2. The van der Waals surface area contributed by atoms with E-state index >= 15 is 0 Å². The van der Waals surface area contributed by atoms with Crippen LogP contribution in [-0.2, 0) is 0 Å². The molecular weight excluding hydrogens is 349 g/mol. The zero-order chi connectivity index (χ0) is 18.5. The average molecular weight is 383 g/mol. The quantitative estimate of drug-likeness (QED) is 0.290. The second-order valence-corrected chi connectivity index (χ2v) is 11.1. The molecule has 4 heteroatoms. The molecule has 0 aromatic heterocycles. The number of hydrogen-bond acceptors (Lipinski definition) is 0. The molecule has 0 unspecified atom stereocenters. The van der Waals surface area contributed by atoms with Crippen molar-refractivity contribution < 1.29 is 13.2 Å². The van der Waals surface area contributed by atoms with Crippen LogP contribution in [0.4, 0.5) is 13.2 Å². The van der Waals surface area contributed by atoms with Crippen molar-refractivity contribution >= 4 is 9.52 Å². The fourth-order valence-corrected chi connectivity index (χ4v) is 7.78. The first kappa shape index (κ1) is 20.0. The van der Waals surface area contributed by atoms with E-state index in [0.29, 0.717) is 5.56 Å². The Morgan fingerprint density at radius 3 is 1.92 bits per heavy atom. The molecule has 0 saturated heterocycles. The summed E-state index contributed by atoms with van der Waals surface area (Å²) in [5.74, 6) is -1.59. The maximum atomic E-state index is 13.5. The van der Waals surface area contributed by atoms with Crippen molar-refractivity contribution in [3.8, 4) is 0 Å². The topological polar surface area (TPSA) is 0 Å². The predicted molar refractivity (Wildman–Crippen MR) is 105 cm³/mol. The predicted octanol–water partition coefficient (Wildman–Crippen LogP) is 6.74. The van der Waals surface area contributed by atoms with Gasteiger partial charge in [0.05, 0.1) is 0 Å². The van der Waals surface area contributed by atoms with Gasteiger partial charge in [0.2, 0.25) is 0 Å². The molecule has 2 aliphatic carbocycles. The van der Waals surface area contributed by atoms with Crippen LogP contribution in [0.25, 0.3) is 0 Å². The van der Waals surface area contributed by atoms with Gasteiger partial charge in [-0.3, -0.25) is 0 Å². The third-order valence-corrected chi connectivity index (χ3v) is 9.56. The summed E-state index contributed by atoms with van der Waals surface area (Å²) < 4.78 is 40.2. The molecule has 1 aromatic carbocycles. The smallest absolute Gasteiger partial charge is 0.194 e. The fourth-order valence-electron chi connectivity index (χ4n) is 5.37. The van der Waals surface area contributed by atoms with Crippen LogP contribution in [0, 0.1) is 29.3 Å². The molecule has 0 nitrogen and oxygen atoms in total. The van der Waals surface area contributed by atoms with Crippen molar-refractivity contribution in [1.29, 1.82) is 0 Å². The summed E-state index contributed by atoms with van der Waals surface area (Å²) in [6, 6.07) is 3.94. The second-order valence-electron chi connectivity index (χ2n) is 8.69. The lowest BCUT2D eigenvalue weighted by atomic mass is 9.70. The molecule has 2 fully saturated rings. The molecule has 0 N–H and O–H groups in total. The summed E-state index contributed by atoms with van der Waals surface area (Å²) in [4.78, 5) is 0. The van der Waals surface area contributed by atoms with Crippen LogP contribution in [-0.4, -0.2) is 9.52 Å². The zero-order valence-electron chi connectivity index (χ0n) is 16.1. The molecule has 146 valence electrons. The zero-order valence-corrected chi connectivity index (χ0v) is 17.5. The largest absolute Gasteiger partial charge is 0.204 e. The van der Waals surface area contributed by atoms with Crippen molar-refractivity contribution in [2.24, 2.45) is 11.8 Å². The number of halogens is 3. The first-order valence-corrected chi connectivity index (χ1v) is 12.5. The summed E-state index contributed by atoms with van der Waals surface area (Å²) in [7, 11) is 0.147. The number of hydrogen-bond donors (Lipinski definition) is 0. The first-order valence-electron chi connectivity index (χ1n) is 10.7. The van der Waals surface area contributed by atoms with E-state index in [0.717, 1.165) is 43.1 Å². The van der Waals surface area contributed by atoms with Crippen molar-refractivity contribution in [2.75, 3.05) is 0 Å². The standard InChI is InChI=1S/C22H33F3Si/c1-2-3-12-26-19-10-8-16(9-11-19)15-4-6-17(7-5-15)18-13-20(23)22(25)21(24)14-18/h13-17,19H,2-12,26H2,1H3/t15?,16-,17?,19-. The maximum Gasteiger partial charge on any atom is 0.194 e. The van der Waals surface area contributed by atoms with Crippen LogP contribution < -0.4 is 0 Å². The Hall–Kier alpha value is -0.773. The highest BCUT2D eigenvalue weighted by Crippen LogP contribution is 2.45. The highest BCUT2D eigenvalue weighted by molar-refractivity contribution is 6.37. The summed E-state index contributed by atoms with van der Waals surface area (Å²) in [5, 5.41) is 0. The Morgan fingerprint density at radius 2 is 1.38 bits per heavy atom. The first-order chi connectivity index (χ1) is 12.6. The van der Waals surface area contributed by atoms with E-state index in [1.165, 1.54) is 56.7 Å². The molecule has 3 rings (SSSR count). The minimum Gasteiger partial charge on any atom is -0.204 e. The highest BCUT2D eigenvalue weighted by Gasteiger charge is 2.31. The minimum atomic E-state index is -1.35. The molecule has 0 aliphatic heterocycles. The van der Waals surface area contributed by atoms with Crippen LogP contribution >= 0.6 is 0 Å². The highest BCUT2D eigenvalue weighted by atomic mass is 28.2. The van der Waals surface area contributed by atoms with Gasteiger partial charge in [-0.05, 0) is 61.1 Å². The van der Waals surface area contributed by atoms with E-state index < -0.39 is 17.5 Å². The van der Waals surface area contributed by atoms with E-state index in [1.54, 1.807) is 0 Å². The van der Waals surface area contributed by atoms with Gasteiger partial charge in [-0.25, -0.2) is 13.2 Å². The Balaban J connectivity index is 1.46. The molecule has 0 heterocycles. The lowest BCUT2D eigenvalue weighted by molar-refractivity contribution is 0.185. The van der Waals surface area contributed by atoms with Crippen LogP contribution in [0.1, 0.15) is 82.6 Å². The Bertz CT molecular complexity index is 550. The molecule has 0 spiro atoms. The number of unbranched alkanes of at least 4 members (excludes halogenated alkanes) is 1. The molecule has 2 aliphatic rings. The third-order valence-electron chi connectivity index (χ3n) is 7.02. The van der Waals surface area contributed by atoms with Gasteiger partial charge in [0, 0.05) is 9.52 Å². The van der Waals surface area contributed by atoms with Crippen LogP contribution in [0.5, 0.6) is 0 Å². The van der Waals surface area contributed by atoms with Crippen LogP contribution in [0.3, 0.4) is 0 Å². The van der Waals surface area contributed by atoms with Gasteiger partial charge in [0.15, 0.2) is 17.5 Å². The van der Waals surface area contributed by atoms with Crippen molar-refractivity contribution in [3.63, 3.8) is 0 Å². The summed E-state index contributed by atoms with van der Waals surface area (Å²) in [6.07, 6.45) is 12.8. The van der Waals surface area contributed by atoms with Gasteiger partial charge in [-0.2, -0.15) is 0 Å². The van der Waals surface area contributed by atoms with E-state index in [1.807, 2.05) is 0 Å². The molecule has 0 bridgehead atoms. The summed E-state index contributed by atoms with van der Waals surface area (Å²) in [5.41, 5.74) is 1.73. The monoisotopic (exact) mass is 382 g/mol. The SMILES string of the molecule is CCCC[SiH2][C@H]1CC[C@H](C2CCC(c3cc(F)c(F)c(F)c3)CC2)CC1. The average Bonchev–Trinajstić information content (AvgIpc) is 2.67. The van der Waals surface area contributed by atoms with E-state index in [4.69, 9.17) is 0 Å². The van der Waals surface area contributed by atoms with Gasteiger partial charge < -0.3 is 0 Å². The molecule has 2 saturated carbocycles. The van der Waals surface area contributed by atoms with Gasteiger partial charge in [-0.1, -0.05) is 57.0 Å². The molecule has 0 amide bonds. The van der Waals surface area contributed by atoms with Gasteiger partial charge in [-0.15, -0.1) is 0 Å². The van der Waals surface area contributed by atoms with E-state index in [9.17, 15) is 13.2 Å². The van der Waals surface area contributed by atoms with E-state index in [2.05, 4.69) is 6.92 Å². The second kappa shape index (κ2) is 9.43. The molecule has 0 atom stereocenters. The molecular formula is C22H33F3Si. The molecule has 0 radical (unpaired) electrons. The maximum absolute atomic E-state index is 13.5. The lowest BCUT2D eigenvalue weighted by Crippen LogP contribution is -2.25. The number of benzene rings is 1. The molecule has 1 aromatic rings. The fraction of sp³-hybridized carbons (Fsp3) is 0.727. The Labute approximate surface area is 158 Å². The van der Waals surface area contributed by atoms with E-state index in [-0.39, 0.29) is 15.4 Å². The minimum absolute atomic E-state index is 0.147. The van der Waals surface area contributed by atoms with Crippen LogP contribution in [0.15, 0.2) is 12.1 Å². The van der Waals surface area contributed by atoms with Crippen LogP contribution in [0.2, 0.25) is 11.6 Å².